The van der Waals surface area contributed by atoms with Crippen LogP contribution < -0.4 is 4.74 Å². The van der Waals surface area contributed by atoms with E-state index in [9.17, 15) is 5.26 Å². The molecule has 0 amide bonds. The number of ether oxygens (including phenoxy) is 1. The number of aromatic amines is 1. The molecule has 5 aromatic rings. The second kappa shape index (κ2) is 12.2. The summed E-state index contributed by atoms with van der Waals surface area (Å²) in [4.78, 5) is 11.1. The van der Waals surface area contributed by atoms with Gasteiger partial charge in [0, 0.05) is 52.9 Å². The van der Waals surface area contributed by atoms with Gasteiger partial charge < -0.3 is 14.3 Å². The smallest absolute Gasteiger partial charge is 0.127 e. The molecule has 3 aromatic carbocycles. The lowest BCUT2D eigenvalue weighted by Crippen LogP contribution is -2.32. The zero-order valence-corrected chi connectivity index (χ0v) is 24.1. The molecule has 2 aromatic heterocycles. The van der Waals surface area contributed by atoms with Crippen LogP contribution in [-0.4, -0.2) is 32.5 Å². The SMILES string of the molecule is CCCCc1nc(C2CCN(Cc3c[nH]c4ccc(C#N)cc34)CC2)cn1-c1ccc(Oc2ccc(Cl)cc2)cc1. The van der Waals surface area contributed by atoms with Crippen LogP contribution in [0.25, 0.3) is 16.6 Å². The number of halogens is 1. The number of nitriles is 1. The molecule has 0 aliphatic carbocycles. The fraction of sp³-hybridized carbons (Fsp3) is 0.294. The van der Waals surface area contributed by atoms with Crippen LogP contribution in [0.4, 0.5) is 0 Å². The lowest BCUT2D eigenvalue weighted by molar-refractivity contribution is 0.204. The summed E-state index contributed by atoms with van der Waals surface area (Å²) < 4.78 is 8.26. The molecule has 1 N–H and O–H groups in total. The van der Waals surface area contributed by atoms with Gasteiger partial charge in [-0.15, -0.1) is 0 Å². The third-order valence-electron chi connectivity index (χ3n) is 8.01. The number of nitrogens with zero attached hydrogens (tertiary/aromatic N) is 4. The van der Waals surface area contributed by atoms with E-state index in [4.69, 9.17) is 21.3 Å². The van der Waals surface area contributed by atoms with E-state index in [1.165, 1.54) is 11.3 Å². The second-order valence-corrected chi connectivity index (χ2v) is 11.3. The number of unbranched alkanes of at least 4 members (excludes halogenated alkanes) is 1. The molecule has 41 heavy (non-hydrogen) atoms. The first-order valence-corrected chi connectivity index (χ1v) is 14.8. The van der Waals surface area contributed by atoms with Crippen LogP contribution >= 0.6 is 11.6 Å². The number of fused-ring (bicyclic) bond motifs is 1. The number of hydrogen-bond donors (Lipinski definition) is 1. The fourth-order valence-corrected chi connectivity index (χ4v) is 5.82. The molecule has 6 rings (SSSR count). The molecule has 3 heterocycles. The number of nitrogens with one attached hydrogen (secondary N) is 1. The van der Waals surface area contributed by atoms with Crippen molar-refractivity contribution in [2.45, 2.75) is 51.5 Å². The molecule has 208 valence electrons. The standard InChI is InChI=1S/C34H34ClN5O/c1-2-3-4-34-38-33(23-40(34)28-8-12-30(13-9-28)41-29-10-6-27(35)7-11-29)25-15-17-39(18-16-25)22-26-21-37-32-14-5-24(20-36)19-31(26)32/h5-14,19,21,23,25,37H,2-4,15-18,22H2,1H3. The maximum Gasteiger partial charge on any atom is 0.127 e. The molecule has 1 aliphatic rings. The van der Waals surface area contributed by atoms with Gasteiger partial charge in [-0.1, -0.05) is 24.9 Å². The van der Waals surface area contributed by atoms with Crippen LogP contribution in [0.3, 0.4) is 0 Å². The molecule has 0 saturated carbocycles. The summed E-state index contributed by atoms with van der Waals surface area (Å²) >= 11 is 6.00. The summed E-state index contributed by atoms with van der Waals surface area (Å²) in [7, 11) is 0. The molecule has 0 radical (unpaired) electrons. The number of aromatic nitrogens is 3. The zero-order valence-electron chi connectivity index (χ0n) is 23.3. The molecule has 1 saturated heterocycles. The Kier molecular flexibility index (Phi) is 8.09. The van der Waals surface area contributed by atoms with Crippen molar-refractivity contribution in [3.63, 3.8) is 0 Å². The summed E-state index contributed by atoms with van der Waals surface area (Å²) in [6, 6.07) is 23.8. The van der Waals surface area contributed by atoms with Crippen molar-refractivity contribution in [1.82, 2.24) is 19.4 Å². The number of H-pyrrole nitrogens is 1. The van der Waals surface area contributed by atoms with Crippen LogP contribution in [0.15, 0.2) is 79.1 Å². The molecule has 0 atom stereocenters. The average Bonchev–Trinajstić information content (AvgIpc) is 3.62. The molecular weight excluding hydrogens is 530 g/mol. The summed E-state index contributed by atoms with van der Waals surface area (Å²) in [6.07, 6.45) is 9.73. The van der Waals surface area contributed by atoms with E-state index in [1.54, 1.807) is 0 Å². The Morgan fingerprint density at radius 1 is 1.02 bits per heavy atom. The van der Waals surface area contributed by atoms with E-state index < -0.39 is 0 Å². The predicted octanol–water partition coefficient (Wildman–Crippen LogP) is 8.39. The number of benzene rings is 3. The first-order valence-electron chi connectivity index (χ1n) is 14.4. The molecule has 6 nitrogen and oxygen atoms in total. The van der Waals surface area contributed by atoms with Gasteiger partial charge in [0.1, 0.15) is 17.3 Å². The topological polar surface area (TPSA) is 69.9 Å². The van der Waals surface area contributed by atoms with E-state index >= 15 is 0 Å². The maximum atomic E-state index is 9.31. The number of likely N-dealkylation sites (tertiary alicyclic amines) is 1. The average molecular weight is 564 g/mol. The van der Waals surface area contributed by atoms with Gasteiger partial charge in [-0.3, -0.25) is 4.90 Å². The van der Waals surface area contributed by atoms with Crippen molar-refractivity contribution >= 4 is 22.5 Å². The minimum atomic E-state index is 0.452. The molecule has 1 fully saturated rings. The van der Waals surface area contributed by atoms with Gasteiger partial charge >= 0.3 is 0 Å². The highest BCUT2D eigenvalue weighted by molar-refractivity contribution is 6.30. The highest BCUT2D eigenvalue weighted by atomic mass is 35.5. The van der Waals surface area contributed by atoms with Crippen LogP contribution in [0.5, 0.6) is 11.5 Å². The molecule has 0 bridgehead atoms. The third kappa shape index (κ3) is 6.17. The van der Waals surface area contributed by atoms with Gasteiger partial charge in [0.25, 0.3) is 0 Å². The summed E-state index contributed by atoms with van der Waals surface area (Å²) in [5.41, 5.74) is 5.35. The van der Waals surface area contributed by atoms with Crippen molar-refractivity contribution < 1.29 is 4.74 Å². The summed E-state index contributed by atoms with van der Waals surface area (Å²) in [5, 5.41) is 11.2. The summed E-state index contributed by atoms with van der Waals surface area (Å²) in [6.45, 7) is 5.18. The highest BCUT2D eigenvalue weighted by Gasteiger charge is 2.24. The lowest BCUT2D eigenvalue weighted by Gasteiger charge is -2.31. The normalized spacial score (nSPS) is 14.4. The van der Waals surface area contributed by atoms with E-state index in [2.05, 4.69) is 52.0 Å². The van der Waals surface area contributed by atoms with Gasteiger partial charge in [0.15, 0.2) is 0 Å². The summed E-state index contributed by atoms with van der Waals surface area (Å²) in [5.74, 6) is 3.13. The van der Waals surface area contributed by atoms with Crippen LogP contribution in [0.1, 0.15) is 61.2 Å². The van der Waals surface area contributed by atoms with E-state index in [0.29, 0.717) is 16.5 Å². The Labute approximate surface area is 246 Å². The number of rotatable bonds is 9. The number of piperidine rings is 1. The Balaban J connectivity index is 1.14. The lowest BCUT2D eigenvalue weighted by atomic mass is 9.93. The van der Waals surface area contributed by atoms with Gasteiger partial charge in [0.05, 0.1) is 17.3 Å². The number of hydrogen-bond acceptors (Lipinski definition) is 4. The Hall–Kier alpha value is -4.05. The third-order valence-corrected chi connectivity index (χ3v) is 8.26. The minimum Gasteiger partial charge on any atom is -0.457 e. The van der Waals surface area contributed by atoms with Gasteiger partial charge in [-0.05, 0) is 105 Å². The van der Waals surface area contributed by atoms with Crippen molar-refractivity contribution in [1.29, 1.82) is 5.26 Å². The molecule has 0 spiro atoms. The van der Waals surface area contributed by atoms with Crippen molar-refractivity contribution in [2.75, 3.05) is 13.1 Å². The van der Waals surface area contributed by atoms with E-state index in [1.807, 2.05) is 54.6 Å². The Morgan fingerprint density at radius 3 is 2.46 bits per heavy atom. The van der Waals surface area contributed by atoms with Crippen molar-refractivity contribution in [2.24, 2.45) is 0 Å². The van der Waals surface area contributed by atoms with Gasteiger partial charge in [0.2, 0.25) is 0 Å². The quantitative estimate of drug-likeness (QED) is 0.195. The largest absolute Gasteiger partial charge is 0.457 e. The zero-order chi connectivity index (χ0) is 28.2. The maximum absolute atomic E-state index is 9.31. The van der Waals surface area contributed by atoms with Gasteiger partial charge in [-0.2, -0.15) is 5.26 Å². The molecule has 7 heteroatoms. The minimum absolute atomic E-state index is 0.452. The molecule has 0 unspecified atom stereocenters. The van der Waals surface area contributed by atoms with Crippen molar-refractivity contribution in [3.05, 3.63) is 107 Å². The van der Waals surface area contributed by atoms with E-state index in [-0.39, 0.29) is 0 Å². The van der Waals surface area contributed by atoms with Crippen LogP contribution in [-0.2, 0) is 13.0 Å². The predicted molar refractivity (Wildman–Crippen MR) is 164 cm³/mol. The first kappa shape index (κ1) is 27.1. The van der Waals surface area contributed by atoms with Crippen LogP contribution in [0.2, 0.25) is 5.02 Å². The Bertz CT molecular complexity index is 1650. The second-order valence-electron chi connectivity index (χ2n) is 10.8. The fourth-order valence-electron chi connectivity index (χ4n) is 5.69. The highest BCUT2D eigenvalue weighted by Crippen LogP contribution is 2.31. The molecular formula is C34H34ClN5O. The molecule has 1 aliphatic heterocycles. The van der Waals surface area contributed by atoms with Gasteiger partial charge in [-0.25, -0.2) is 4.98 Å². The first-order chi connectivity index (χ1) is 20.1. The number of imidazole rings is 1. The van der Waals surface area contributed by atoms with E-state index in [0.717, 1.165) is 85.7 Å². The monoisotopic (exact) mass is 563 g/mol. The van der Waals surface area contributed by atoms with Crippen molar-refractivity contribution in [3.8, 4) is 23.3 Å². The van der Waals surface area contributed by atoms with Crippen LogP contribution in [0, 0.1) is 11.3 Å². The number of aryl methyl sites for hydroxylation is 1. The Morgan fingerprint density at radius 2 is 1.76 bits per heavy atom.